The van der Waals surface area contributed by atoms with Crippen LogP contribution in [0.4, 0.5) is 0 Å². The van der Waals surface area contributed by atoms with Crippen molar-refractivity contribution in [2.75, 3.05) is 7.11 Å². The van der Waals surface area contributed by atoms with Gasteiger partial charge in [-0.2, -0.15) is 0 Å². The fraction of sp³-hybridized carbons (Fsp3) is 0.200. The van der Waals surface area contributed by atoms with Gasteiger partial charge in [-0.1, -0.05) is 54.6 Å². The summed E-state index contributed by atoms with van der Waals surface area (Å²) in [7, 11) is -0.484. The Morgan fingerprint density at radius 1 is 1.08 bits per heavy atom. The molecule has 136 valence electrons. The SMILES string of the molecule is C=C(CC(=O)OC)C(=O)N(Cc1ccccc1)[S@@](=O)c1ccc(C)cc1. The summed E-state index contributed by atoms with van der Waals surface area (Å²) in [5.41, 5.74) is 1.89. The van der Waals surface area contributed by atoms with Crippen LogP contribution in [-0.4, -0.2) is 27.5 Å². The standard InChI is InChI=1S/C20H21NO4S/c1-15-9-11-18(12-10-15)26(24)21(14-17-7-5-4-6-8-17)20(23)16(2)13-19(22)25-3/h4-12H,2,13-14H2,1,3H3/t26-/m0/s1. The van der Waals surface area contributed by atoms with Crippen molar-refractivity contribution < 1.29 is 18.5 Å². The number of aryl methyl sites for hydroxylation is 1. The first-order valence-electron chi connectivity index (χ1n) is 8.01. The Labute approximate surface area is 155 Å². The molecule has 2 aromatic rings. The predicted octanol–water partition coefficient (Wildman–Crippen LogP) is 3.17. The summed E-state index contributed by atoms with van der Waals surface area (Å²) in [5, 5.41) is 0. The van der Waals surface area contributed by atoms with Crippen molar-refractivity contribution in [3.05, 3.63) is 77.9 Å². The second-order valence-electron chi connectivity index (χ2n) is 5.75. The van der Waals surface area contributed by atoms with Crippen LogP contribution in [0.3, 0.4) is 0 Å². The van der Waals surface area contributed by atoms with Crippen molar-refractivity contribution in [2.24, 2.45) is 0 Å². The molecule has 26 heavy (non-hydrogen) atoms. The molecule has 0 aliphatic carbocycles. The first kappa shape index (κ1) is 19.6. The second kappa shape index (κ2) is 9.10. The van der Waals surface area contributed by atoms with Gasteiger partial charge in [0.2, 0.25) is 0 Å². The van der Waals surface area contributed by atoms with Gasteiger partial charge in [0.25, 0.3) is 5.91 Å². The Hall–Kier alpha value is -2.73. The average molecular weight is 371 g/mol. The van der Waals surface area contributed by atoms with Gasteiger partial charge in [-0.25, -0.2) is 8.51 Å². The number of esters is 1. The number of carbonyl (C=O) groups is 2. The zero-order valence-corrected chi connectivity index (χ0v) is 15.6. The quantitative estimate of drug-likeness (QED) is 0.554. The van der Waals surface area contributed by atoms with Crippen LogP contribution >= 0.6 is 0 Å². The molecule has 0 bridgehead atoms. The highest BCUT2D eigenvalue weighted by molar-refractivity contribution is 7.83. The monoisotopic (exact) mass is 371 g/mol. The number of nitrogens with zero attached hydrogens (tertiary/aromatic N) is 1. The van der Waals surface area contributed by atoms with Crippen LogP contribution in [0.15, 0.2) is 71.6 Å². The molecule has 0 saturated heterocycles. The molecule has 2 aromatic carbocycles. The van der Waals surface area contributed by atoms with Crippen LogP contribution in [-0.2, 0) is 31.9 Å². The van der Waals surface area contributed by atoms with Gasteiger partial charge < -0.3 is 4.74 Å². The van der Waals surface area contributed by atoms with Gasteiger partial charge in [-0.3, -0.25) is 9.59 Å². The lowest BCUT2D eigenvalue weighted by molar-refractivity contribution is -0.140. The van der Waals surface area contributed by atoms with Gasteiger partial charge in [0.15, 0.2) is 11.0 Å². The zero-order chi connectivity index (χ0) is 19.1. The summed E-state index contributed by atoms with van der Waals surface area (Å²) in [6.45, 7) is 5.74. The minimum absolute atomic E-state index is 0.0354. The second-order valence-corrected chi connectivity index (χ2v) is 7.16. The van der Waals surface area contributed by atoms with Crippen molar-refractivity contribution in [3.8, 4) is 0 Å². The first-order chi connectivity index (χ1) is 12.4. The maximum absolute atomic E-state index is 13.0. The third kappa shape index (κ3) is 5.13. The minimum atomic E-state index is -1.73. The lowest BCUT2D eigenvalue weighted by Crippen LogP contribution is -2.34. The van der Waals surface area contributed by atoms with E-state index in [1.54, 1.807) is 12.1 Å². The lowest BCUT2D eigenvalue weighted by atomic mass is 10.2. The van der Waals surface area contributed by atoms with E-state index in [-0.39, 0.29) is 18.5 Å². The van der Waals surface area contributed by atoms with E-state index >= 15 is 0 Å². The highest BCUT2D eigenvalue weighted by Crippen LogP contribution is 2.19. The number of hydrogen-bond donors (Lipinski definition) is 0. The molecule has 0 radical (unpaired) electrons. The molecule has 0 aliphatic heterocycles. The molecule has 0 unspecified atom stereocenters. The summed E-state index contributed by atoms with van der Waals surface area (Å²) < 4.78 is 18.8. The van der Waals surface area contributed by atoms with Crippen molar-refractivity contribution in [3.63, 3.8) is 0 Å². The van der Waals surface area contributed by atoms with E-state index in [0.29, 0.717) is 4.90 Å². The molecule has 0 N–H and O–H groups in total. The number of amides is 1. The number of benzene rings is 2. The maximum atomic E-state index is 13.0. The van der Waals surface area contributed by atoms with Gasteiger partial charge in [0.1, 0.15) is 0 Å². The third-order valence-corrected chi connectivity index (χ3v) is 5.08. The van der Waals surface area contributed by atoms with Crippen LogP contribution < -0.4 is 0 Å². The zero-order valence-electron chi connectivity index (χ0n) is 14.8. The Morgan fingerprint density at radius 2 is 1.69 bits per heavy atom. The number of carbonyl (C=O) groups excluding carboxylic acids is 2. The van der Waals surface area contributed by atoms with Crippen molar-refractivity contribution in [1.82, 2.24) is 4.31 Å². The van der Waals surface area contributed by atoms with E-state index in [0.717, 1.165) is 11.1 Å². The maximum Gasteiger partial charge on any atom is 0.310 e. The molecule has 0 aliphatic rings. The van der Waals surface area contributed by atoms with E-state index in [1.165, 1.54) is 11.4 Å². The molecule has 1 amide bonds. The van der Waals surface area contributed by atoms with Gasteiger partial charge in [0.05, 0.1) is 25.0 Å². The highest BCUT2D eigenvalue weighted by Gasteiger charge is 2.25. The molecule has 2 rings (SSSR count). The average Bonchev–Trinajstić information content (AvgIpc) is 2.66. The molecule has 6 heteroatoms. The summed E-state index contributed by atoms with van der Waals surface area (Å²) in [6.07, 6.45) is -0.244. The molecular weight excluding hydrogens is 350 g/mol. The first-order valence-corrected chi connectivity index (χ1v) is 9.12. The number of hydrogen-bond acceptors (Lipinski definition) is 4. The summed E-state index contributed by atoms with van der Waals surface area (Å²) in [6, 6.07) is 16.4. The summed E-state index contributed by atoms with van der Waals surface area (Å²) >= 11 is 0. The van der Waals surface area contributed by atoms with Crippen LogP contribution in [0.1, 0.15) is 17.5 Å². The fourth-order valence-electron chi connectivity index (χ4n) is 2.24. The summed E-state index contributed by atoms with van der Waals surface area (Å²) in [4.78, 5) is 24.8. The lowest BCUT2D eigenvalue weighted by Gasteiger charge is -2.22. The smallest absolute Gasteiger partial charge is 0.310 e. The molecule has 0 saturated carbocycles. The van der Waals surface area contributed by atoms with Gasteiger partial charge in [-0.05, 0) is 24.6 Å². The Bertz CT molecular complexity index is 815. The van der Waals surface area contributed by atoms with Crippen molar-refractivity contribution >= 4 is 22.9 Å². The number of ether oxygens (including phenoxy) is 1. The normalized spacial score (nSPS) is 11.5. The molecule has 0 spiro atoms. The van der Waals surface area contributed by atoms with Gasteiger partial charge in [-0.15, -0.1) is 0 Å². The molecule has 5 nitrogen and oxygen atoms in total. The molecule has 0 fully saturated rings. The van der Waals surface area contributed by atoms with E-state index < -0.39 is 22.9 Å². The van der Waals surface area contributed by atoms with E-state index in [2.05, 4.69) is 11.3 Å². The van der Waals surface area contributed by atoms with Gasteiger partial charge in [0, 0.05) is 5.57 Å². The number of rotatable bonds is 7. The van der Waals surface area contributed by atoms with E-state index in [1.807, 2.05) is 49.4 Å². The number of methoxy groups -OCH3 is 1. The fourth-order valence-corrected chi connectivity index (χ4v) is 3.40. The van der Waals surface area contributed by atoms with Crippen LogP contribution in [0.5, 0.6) is 0 Å². The van der Waals surface area contributed by atoms with E-state index in [9.17, 15) is 13.8 Å². The highest BCUT2D eigenvalue weighted by atomic mass is 32.2. The van der Waals surface area contributed by atoms with Crippen molar-refractivity contribution in [1.29, 1.82) is 0 Å². The summed E-state index contributed by atoms with van der Waals surface area (Å²) in [5.74, 6) is -1.11. The Morgan fingerprint density at radius 3 is 2.27 bits per heavy atom. The molecule has 0 aromatic heterocycles. The van der Waals surface area contributed by atoms with Gasteiger partial charge >= 0.3 is 5.97 Å². The largest absolute Gasteiger partial charge is 0.469 e. The van der Waals surface area contributed by atoms with E-state index in [4.69, 9.17) is 0 Å². The molecule has 1 atom stereocenters. The predicted molar refractivity (Wildman–Crippen MR) is 100 cm³/mol. The van der Waals surface area contributed by atoms with Crippen LogP contribution in [0.25, 0.3) is 0 Å². The topological polar surface area (TPSA) is 63.7 Å². The van der Waals surface area contributed by atoms with Crippen LogP contribution in [0.2, 0.25) is 0 Å². The molecule has 0 heterocycles. The minimum Gasteiger partial charge on any atom is -0.469 e. The third-order valence-electron chi connectivity index (χ3n) is 3.71. The Kier molecular flexibility index (Phi) is 6.86. The van der Waals surface area contributed by atoms with Crippen molar-refractivity contribution in [2.45, 2.75) is 24.8 Å². The van der Waals surface area contributed by atoms with Crippen LogP contribution in [0, 0.1) is 6.92 Å². The Balaban J connectivity index is 2.30. The molecular formula is C20H21NO4S.